The number of imidazole rings is 1. The van der Waals surface area contributed by atoms with E-state index < -0.39 is 5.82 Å². The highest BCUT2D eigenvalue weighted by Gasteiger charge is 2.23. The number of fused-ring (bicyclic) bond motifs is 1. The monoisotopic (exact) mass is 394 g/mol. The van der Waals surface area contributed by atoms with Gasteiger partial charge in [-0.2, -0.15) is 0 Å². The van der Waals surface area contributed by atoms with Crippen LogP contribution in [-0.4, -0.2) is 52.7 Å². The molecule has 0 aliphatic carbocycles. The first-order valence-electron chi connectivity index (χ1n) is 9.78. The number of Topliss-reactive ketones (excluding diaryl/α,β-unsaturated/α-hetero) is 1. The maximum Gasteiger partial charge on any atom is 0.223 e. The predicted octanol–water partition coefficient (Wildman–Crippen LogP) is 3.19. The van der Waals surface area contributed by atoms with Gasteiger partial charge in [0.2, 0.25) is 5.91 Å². The van der Waals surface area contributed by atoms with Crippen LogP contribution in [0.2, 0.25) is 0 Å². The summed E-state index contributed by atoms with van der Waals surface area (Å²) in [5.41, 5.74) is 2.72. The fourth-order valence-electron chi connectivity index (χ4n) is 3.69. The number of ketones is 1. The molecule has 0 spiro atoms. The van der Waals surface area contributed by atoms with Gasteiger partial charge in [0.1, 0.15) is 11.6 Å². The van der Waals surface area contributed by atoms with Gasteiger partial charge < -0.3 is 14.8 Å². The van der Waals surface area contributed by atoms with Crippen molar-refractivity contribution >= 4 is 28.4 Å². The Morgan fingerprint density at radius 1 is 1.10 bits per heavy atom. The molecule has 4 rings (SSSR count). The van der Waals surface area contributed by atoms with Crippen molar-refractivity contribution in [1.29, 1.82) is 0 Å². The zero-order valence-corrected chi connectivity index (χ0v) is 16.3. The van der Waals surface area contributed by atoms with Crippen molar-refractivity contribution in [3.05, 3.63) is 59.7 Å². The molecule has 1 N–H and O–H groups in total. The predicted molar refractivity (Wildman–Crippen MR) is 110 cm³/mol. The number of anilines is 1. The Balaban J connectivity index is 1.32. The van der Waals surface area contributed by atoms with Crippen LogP contribution in [0.15, 0.2) is 42.5 Å². The van der Waals surface area contributed by atoms with E-state index in [9.17, 15) is 14.0 Å². The Morgan fingerprint density at radius 2 is 1.86 bits per heavy atom. The summed E-state index contributed by atoms with van der Waals surface area (Å²) in [5.74, 6) is 0.334. The molecule has 1 fully saturated rings. The number of carbonyl (C=O) groups is 2. The first-order valence-corrected chi connectivity index (χ1v) is 9.78. The molecule has 0 bridgehead atoms. The van der Waals surface area contributed by atoms with Gasteiger partial charge in [-0.25, -0.2) is 9.37 Å². The fraction of sp³-hybridized carbons (Fsp3) is 0.318. The van der Waals surface area contributed by atoms with Crippen molar-refractivity contribution in [3.63, 3.8) is 0 Å². The van der Waals surface area contributed by atoms with Gasteiger partial charge in [0.25, 0.3) is 0 Å². The molecule has 1 saturated heterocycles. The van der Waals surface area contributed by atoms with E-state index in [-0.39, 0.29) is 11.7 Å². The van der Waals surface area contributed by atoms with Gasteiger partial charge in [0.15, 0.2) is 5.78 Å². The number of halogens is 1. The lowest BCUT2D eigenvalue weighted by atomic mass is 10.1. The van der Waals surface area contributed by atoms with Gasteiger partial charge in [-0.3, -0.25) is 9.59 Å². The summed E-state index contributed by atoms with van der Waals surface area (Å²) in [4.78, 5) is 35.5. The van der Waals surface area contributed by atoms with Gasteiger partial charge >= 0.3 is 0 Å². The number of aromatic nitrogens is 2. The number of benzene rings is 2. The van der Waals surface area contributed by atoms with Crippen LogP contribution in [0, 0.1) is 5.82 Å². The number of hydrogen-bond acceptors (Lipinski definition) is 4. The van der Waals surface area contributed by atoms with E-state index in [4.69, 9.17) is 0 Å². The maximum atomic E-state index is 14.4. The number of aryl methyl sites for hydroxylation is 1. The van der Waals surface area contributed by atoms with E-state index in [0.717, 1.165) is 16.9 Å². The lowest BCUT2D eigenvalue weighted by Gasteiger charge is -2.36. The van der Waals surface area contributed by atoms with Crippen LogP contribution in [0.3, 0.4) is 0 Å². The first kappa shape index (κ1) is 19.1. The van der Waals surface area contributed by atoms with E-state index in [1.165, 1.54) is 13.0 Å². The summed E-state index contributed by atoms with van der Waals surface area (Å²) in [7, 11) is 0. The number of rotatable bonds is 5. The molecule has 150 valence electrons. The van der Waals surface area contributed by atoms with Gasteiger partial charge in [0, 0.05) is 44.6 Å². The molecule has 1 aliphatic heterocycles. The van der Waals surface area contributed by atoms with Crippen molar-refractivity contribution < 1.29 is 14.0 Å². The van der Waals surface area contributed by atoms with Crippen LogP contribution in [0.4, 0.5) is 10.1 Å². The minimum absolute atomic E-state index is 0.0810. The van der Waals surface area contributed by atoms with E-state index in [0.29, 0.717) is 50.3 Å². The Bertz CT molecular complexity index is 1020. The molecule has 3 aromatic rings. The zero-order valence-electron chi connectivity index (χ0n) is 16.3. The molecule has 2 heterocycles. The van der Waals surface area contributed by atoms with E-state index in [2.05, 4.69) is 9.97 Å². The molecule has 1 aromatic heterocycles. The van der Waals surface area contributed by atoms with Crippen LogP contribution in [-0.2, 0) is 11.2 Å². The fourth-order valence-corrected chi connectivity index (χ4v) is 3.69. The smallest absolute Gasteiger partial charge is 0.223 e. The lowest BCUT2D eigenvalue weighted by Crippen LogP contribution is -2.49. The van der Waals surface area contributed by atoms with Crippen molar-refractivity contribution in [2.75, 3.05) is 31.1 Å². The molecule has 0 unspecified atom stereocenters. The number of piperazine rings is 1. The standard InChI is InChI=1S/C22H23FN4O2/c1-15(28)16-6-7-20(17(23)14-16)26-10-12-27(13-11-26)22(29)9-8-21-24-18-4-2-3-5-19(18)25-21/h2-7,14H,8-13H2,1H3,(H,24,25). The zero-order chi connectivity index (χ0) is 20.4. The second-order valence-corrected chi connectivity index (χ2v) is 7.29. The third kappa shape index (κ3) is 4.13. The molecule has 2 aromatic carbocycles. The maximum absolute atomic E-state index is 14.4. The van der Waals surface area contributed by atoms with E-state index in [1.807, 2.05) is 34.1 Å². The third-order valence-corrected chi connectivity index (χ3v) is 5.34. The lowest BCUT2D eigenvalue weighted by molar-refractivity contribution is -0.131. The summed E-state index contributed by atoms with van der Waals surface area (Å²) in [6.07, 6.45) is 0.955. The third-order valence-electron chi connectivity index (χ3n) is 5.34. The van der Waals surface area contributed by atoms with Gasteiger partial charge in [-0.15, -0.1) is 0 Å². The second kappa shape index (κ2) is 8.03. The number of amides is 1. The Kier molecular flexibility index (Phi) is 5.29. The molecular weight excluding hydrogens is 371 g/mol. The quantitative estimate of drug-likeness (QED) is 0.675. The van der Waals surface area contributed by atoms with Gasteiger partial charge in [-0.05, 0) is 37.3 Å². The highest BCUT2D eigenvalue weighted by molar-refractivity contribution is 5.94. The molecule has 1 amide bonds. The molecule has 0 atom stereocenters. The normalized spacial score (nSPS) is 14.4. The van der Waals surface area contributed by atoms with Crippen molar-refractivity contribution in [1.82, 2.24) is 14.9 Å². The van der Waals surface area contributed by atoms with Crippen LogP contribution in [0.25, 0.3) is 11.0 Å². The minimum atomic E-state index is -0.401. The average Bonchev–Trinajstić information content (AvgIpc) is 3.15. The molecular formula is C22H23FN4O2. The SMILES string of the molecule is CC(=O)c1ccc(N2CCN(C(=O)CCc3nc4ccccc4[nH]3)CC2)c(F)c1. The minimum Gasteiger partial charge on any atom is -0.366 e. The molecule has 1 aliphatic rings. The first-order chi connectivity index (χ1) is 14.0. The number of nitrogens with one attached hydrogen (secondary N) is 1. The summed E-state index contributed by atoms with van der Waals surface area (Å²) < 4.78 is 14.4. The highest BCUT2D eigenvalue weighted by atomic mass is 19.1. The van der Waals surface area contributed by atoms with Crippen molar-refractivity contribution in [2.24, 2.45) is 0 Å². The van der Waals surface area contributed by atoms with Crippen LogP contribution < -0.4 is 4.90 Å². The number of nitrogens with zero attached hydrogens (tertiary/aromatic N) is 3. The van der Waals surface area contributed by atoms with Gasteiger partial charge in [-0.1, -0.05) is 12.1 Å². The summed E-state index contributed by atoms with van der Waals surface area (Å²) in [6.45, 7) is 3.64. The highest BCUT2D eigenvalue weighted by Crippen LogP contribution is 2.22. The van der Waals surface area contributed by atoms with Gasteiger partial charge in [0.05, 0.1) is 16.7 Å². The Labute approximate surface area is 168 Å². The molecule has 7 heteroatoms. The van der Waals surface area contributed by atoms with Crippen molar-refractivity contribution in [2.45, 2.75) is 19.8 Å². The van der Waals surface area contributed by atoms with Crippen LogP contribution in [0.5, 0.6) is 0 Å². The number of aromatic amines is 1. The number of H-pyrrole nitrogens is 1. The summed E-state index contributed by atoms with van der Waals surface area (Å²) in [6, 6.07) is 12.4. The summed E-state index contributed by atoms with van der Waals surface area (Å²) >= 11 is 0. The second-order valence-electron chi connectivity index (χ2n) is 7.29. The van der Waals surface area contributed by atoms with Crippen LogP contribution >= 0.6 is 0 Å². The number of hydrogen-bond donors (Lipinski definition) is 1. The van der Waals surface area contributed by atoms with E-state index in [1.54, 1.807) is 12.1 Å². The largest absolute Gasteiger partial charge is 0.366 e. The van der Waals surface area contributed by atoms with E-state index >= 15 is 0 Å². The Morgan fingerprint density at radius 3 is 2.55 bits per heavy atom. The topological polar surface area (TPSA) is 69.3 Å². The average molecular weight is 394 g/mol. The molecule has 29 heavy (non-hydrogen) atoms. The molecule has 0 saturated carbocycles. The number of para-hydroxylation sites is 2. The Hall–Kier alpha value is -3.22. The molecule has 6 nitrogen and oxygen atoms in total. The summed E-state index contributed by atoms with van der Waals surface area (Å²) in [5, 5.41) is 0. The van der Waals surface area contributed by atoms with Crippen molar-refractivity contribution in [3.8, 4) is 0 Å². The molecule has 0 radical (unpaired) electrons. The van der Waals surface area contributed by atoms with Crippen LogP contribution in [0.1, 0.15) is 29.5 Å². The number of carbonyl (C=O) groups excluding carboxylic acids is 2.